The number of carbonyl (C=O) groups excluding carboxylic acids is 1. The number of hydrogen-bond acceptors (Lipinski definition) is 5. The van der Waals surface area contributed by atoms with E-state index in [0.717, 1.165) is 0 Å². The van der Waals surface area contributed by atoms with Crippen molar-refractivity contribution in [1.82, 2.24) is 5.32 Å². The summed E-state index contributed by atoms with van der Waals surface area (Å²) in [7, 11) is 1.33. The second kappa shape index (κ2) is 6.03. The van der Waals surface area contributed by atoms with Gasteiger partial charge in [0.15, 0.2) is 16.7 Å². The highest BCUT2D eigenvalue weighted by atomic mass is 35.5. The van der Waals surface area contributed by atoms with Gasteiger partial charge in [-0.15, -0.1) is 5.10 Å². The van der Waals surface area contributed by atoms with Gasteiger partial charge in [0.2, 0.25) is 5.91 Å². The number of thioether (sulfide) groups is 1. The van der Waals surface area contributed by atoms with E-state index in [4.69, 9.17) is 16.3 Å². The van der Waals surface area contributed by atoms with Crippen molar-refractivity contribution in [2.24, 2.45) is 10.2 Å². The lowest BCUT2D eigenvalue weighted by atomic mass is 10.2. The largest absolute Gasteiger partial charge is 0.492 e. The molecule has 1 aromatic rings. The zero-order valence-corrected chi connectivity index (χ0v) is 11.4. The number of nitrogens with zero attached hydrogens (tertiary/aromatic N) is 2. The average Bonchev–Trinajstić information content (AvgIpc) is 2.79. The van der Waals surface area contributed by atoms with Crippen LogP contribution >= 0.6 is 23.4 Å². The van der Waals surface area contributed by atoms with Crippen LogP contribution in [0, 0.1) is 5.82 Å². The molecule has 0 radical (unpaired) electrons. The minimum atomic E-state index is -0.609. The number of nitrogens with one attached hydrogen (secondary N) is 1. The van der Waals surface area contributed by atoms with Crippen molar-refractivity contribution >= 4 is 40.7 Å². The number of halogens is 2. The zero-order chi connectivity index (χ0) is 13.8. The summed E-state index contributed by atoms with van der Waals surface area (Å²) in [6.07, 6.45) is 1.23. The van der Waals surface area contributed by atoms with Gasteiger partial charge < -0.3 is 10.1 Å². The van der Waals surface area contributed by atoms with E-state index >= 15 is 0 Å². The molecular formula is C11H9ClFN3O2S. The SMILES string of the molecule is COc1c(Cl)ccc(C=NN=C2NC(=O)CS2)c1F. The van der Waals surface area contributed by atoms with Crippen LogP contribution in [0.15, 0.2) is 22.3 Å². The number of hydrogen-bond donors (Lipinski definition) is 1. The Morgan fingerprint density at radius 3 is 3.00 bits per heavy atom. The molecule has 0 aliphatic carbocycles. The quantitative estimate of drug-likeness (QED) is 0.686. The van der Waals surface area contributed by atoms with E-state index in [-0.39, 0.29) is 22.2 Å². The molecule has 5 nitrogen and oxygen atoms in total. The number of amides is 1. The molecule has 0 spiro atoms. The molecule has 8 heteroatoms. The molecule has 1 aromatic carbocycles. The van der Waals surface area contributed by atoms with Gasteiger partial charge in [0, 0.05) is 5.56 Å². The number of benzene rings is 1. The molecule has 0 bridgehead atoms. The molecule has 1 N–H and O–H groups in total. The topological polar surface area (TPSA) is 63.1 Å². The summed E-state index contributed by atoms with van der Waals surface area (Å²) in [6, 6.07) is 2.97. The Morgan fingerprint density at radius 1 is 1.58 bits per heavy atom. The summed E-state index contributed by atoms with van der Waals surface area (Å²) in [5.74, 6) is -0.459. The fourth-order valence-electron chi connectivity index (χ4n) is 1.36. The number of rotatable bonds is 3. The minimum absolute atomic E-state index is 0.0400. The molecule has 0 unspecified atom stereocenters. The third-order valence-electron chi connectivity index (χ3n) is 2.21. The van der Waals surface area contributed by atoms with Gasteiger partial charge in [-0.25, -0.2) is 4.39 Å². The van der Waals surface area contributed by atoms with E-state index in [0.29, 0.717) is 10.9 Å². The summed E-state index contributed by atoms with van der Waals surface area (Å²) >= 11 is 7.00. The predicted molar refractivity (Wildman–Crippen MR) is 73.6 cm³/mol. The van der Waals surface area contributed by atoms with Gasteiger partial charge in [0.1, 0.15) is 0 Å². The van der Waals surface area contributed by atoms with Gasteiger partial charge in [-0.2, -0.15) is 5.10 Å². The summed E-state index contributed by atoms with van der Waals surface area (Å²) in [5.41, 5.74) is 0.194. The molecule has 19 heavy (non-hydrogen) atoms. The highest BCUT2D eigenvalue weighted by molar-refractivity contribution is 8.15. The highest BCUT2D eigenvalue weighted by Crippen LogP contribution is 2.28. The van der Waals surface area contributed by atoms with E-state index in [9.17, 15) is 9.18 Å². The summed E-state index contributed by atoms with van der Waals surface area (Å²) < 4.78 is 18.7. The average molecular weight is 302 g/mol. The van der Waals surface area contributed by atoms with Crippen LogP contribution in [-0.2, 0) is 4.79 Å². The minimum Gasteiger partial charge on any atom is -0.492 e. The van der Waals surface area contributed by atoms with Crippen molar-refractivity contribution in [3.63, 3.8) is 0 Å². The van der Waals surface area contributed by atoms with Gasteiger partial charge in [0.05, 0.1) is 24.1 Å². The Kier molecular flexibility index (Phi) is 4.39. The molecule has 1 aliphatic heterocycles. The fraction of sp³-hybridized carbons (Fsp3) is 0.182. The predicted octanol–water partition coefficient (Wildman–Crippen LogP) is 2.04. The van der Waals surface area contributed by atoms with Crippen LogP contribution in [0.2, 0.25) is 5.02 Å². The van der Waals surface area contributed by atoms with E-state index in [2.05, 4.69) is 15.5 Å². The van der Waals surface area contributed by atoms with Crippen molar-refractivity contribution in [3.05, 3.63) is 28.5 Å². The Bertz CT molecular complexity index is 577. The van der Waals surface area contributed by atoms with Gasteiger partial charge in [0.25, 0.3) is 0 Å². The number of amidine groups is 1. The molecule has 1 saturated heterocycles. The first-order valence-corrected chi connectivity index (χ1v) is 6.54. The third-order valence-corrected chi connectivity index (χ3v) is 3.38. The fourth-order valence-corrected chi connectivity index (χ4v) is 2.21. The van der Waals surface area contributed by atoms with Gasteiger partial charge >= 0.3 is 0 Å². The normalized spacial score (nSPS) is 17.2. The molecule has 0 aromatic heterocycles. The van der Waals surface area contributed by atoms with E-state index in [1.807, 2.05) is 0 Å². The Hall–Kier alpha value is -1.60. The van der Waals surface area contributed by atoms with E-state index in [1.54, 1.807) is 0 Å². The molecule has 0 atom stereocenters. The molecule has 0 saturated carbocycles. The van der Waals surface area contributed by atoms with Crippen LogP contribution in [0.1, 0.15) is 5.56 Å². The number of methoxy groups -OCH3 is 1. The second-order valence-corrected chi connectivity index (χ2v) is 4.84. The Labute approximate surface area is 117 Å². The lowest BCUT2D eigenvalue weighted by Crippen LogP contribution is -2.19. The Balaban J connectivity index is 2.17. The summed E-state index contributed by atoms with van der Waals surface area (Å²) in [5, 5.41) is 10.6. The summed E-state index contributed by atoms with van der Waals surface area (Å²) in [6.45, 7) is 0. The lowest BCUT2D eigenvalue weighted by Gasteiger charge is -2.05. The molecular weight excluding hydrogens is 293 g/mol. The van der Waals surface area contributed by atoms with Crippen molar-refractivity contribution in [3.8, 4) is 5.75 Å². The van der Waals surface area contributed by atoms with Crippen molar-refractivity contribution in [2.75, 3.05) is 12.9 Å². The molecule has 1 fully saturated rings. The van der Waals surface area contributed by atoms with Gasteiger partial charge in [-0.3, -0.25) is 4.79 Å². The van der Waals surface area contributed by atoms with Crippen molar-refractivity contribution in [1.29, 1.82) is 0 Å². The van der Waals surface area contributed by atoms with Crippen LogP contribution in [-0.4, -0.2) is 30.2 Å². The summed E-state index contributed by atoms with van der Waals surface area (Å²) in [4.78, 5) is 10.9. The van der Waals surface area contributed by atoms with Gasteiger partial charge in [-0.05, 0) is 12.1 Å². The first-order chi connectivity index (χ1) is 9.11. The number of ether oxygens (including phenoxy) is 1. The standard InChI is InChI=1S/C11H9ClFN3O2S/c1-18-10-7(12)3-2-6(9(10)13)4-14-16-11-15-8(17)5-19-11/h2-4H,5H2,1H3,(H,15,16,17). The first-order valence-electron chi connectivity index (χ1n) is 5.17. The van der Waals surface area contributed by atoms with Crippen molar-refractivity contribution < 1.29 is 13.9 Å². The highest BCUT2D eigenvalue weighted by Gasteiger charge is 2.16. The second-order valence-electron chi connectivity index (χ2n) is 3.47. The van der Waals surface area contributed by atoms with E-state index < -0.39 is 5.82 Å². The van der Waals surface area contributed by atoms with Crippen LogP contribution in [0.3, 0.4) is 0 Å². The molecule has 1 amide bonds. The maximum absolute atomic E-state index is 13.9. The number of carbonyl (C=O) groups is 1. The maximum atomic E-state index is 13.9. The molecule has 1 heterocycles. The first kappa shape index (κ1) is 13.8. The Morgan fingerprint density at radius 2 is 2.37 bits per heavy atom. The molecule has 1 aliphatic rings. The smallest absolute Gasteiger partial charge is 0.236 e. The van der Waals surface area contributed by atoms with Crippen LogP contribution in [0.5, 0.6) is 5.75 Å². The molecule has 2 rings (SSSR count). The zero-order valence-electron chi connectivity index (χ0n) is 9.81. The van der Waals surface area contributed by atoms with Crippen LogP contribution < -0.4 is 10.1 Å². The van der Waals surface area contributed by atoms with Crippen LogP contribution in [0.25, 0.3) is 0 Å². The van der Waals surface area contributed by atoms with Crippen LogP contribution in [0.4, 0.5) is 4.39 Å². The maximum Gasteiger partial charge on any atom is 0.236 e. The van der Waals surface area contributed by atoms with E-state index in [1.165, 1.54) is 37.2 Å². The molecule has 100 valence electrons. The van der Waals surface area contributed by atoms with Gasteiger partial charge in [-0.1, -0.05) is 23.4 Å². The van der Waals surface area contributed by atoms with Crippen molar-refractivity contribution in [2.45, 2.75) is 0 Å². The monoisotopic (exact) mass is 301 g/mol. The lowest BCUT2D eigenvalue weighted by molar-refractivity contribution is -0.116. The third kappa shape index (κ3) is 3.24.